The van der Waals surface area contributed by atoms with E-state index in [2.05, 4.69) is 17.2 Å². The first-order valence-electron chi connectivity index (χ1n) is 12.9. The maximum absolute atomic E-state index is 12.9. The van der Waals surface area contributed by atoms with Gasteiger partial charge in [0.1, 0.15) is 0 Å². The molecule has 2 aromatic carbocycles. The smallest absolute Gasteiger partial charge is 0.257 e. The van der Waals surface area contributed by atoms with E-state index in [9.17, 15) is 13.2 Å². The molecule has 0 atom stereocenters. The summed E-state index contributed by atoms with van der Waals surface area (Å²) < 4.78 is 38.1. The molecule has 1 saturated heterocycles. The number of carbonyl (C=O) groups is 1. The van der Waals surface area contributed by atoms with E-state index in [4.69, 9.17) is 32.7 Å². The predicted octanol–water partition coefficient (Wildman–Crippen LogP) is 6.74. The molecule has 8 nitrogen and oxygen atoms in total. The SMILES string of the molecule is CCCCCCCOc1c(Cl)cc(C(=O)Nc2nc(-c3ccc(S(=O)(=O)N4CCOCC4)cc3)cs2)cc1Cl. The number of hydrogen-bond acceptors (Lipinski definition) is 7. The lowest BCUT2D eigenvalue weighted by Gasteiger charge is -2.26. The molecule has 0 spiro atoms. The summed E-state index contributed by atoms with van der Waals surface area (Å²) in [7, 11) is -3.57. The molecule has 0 aliphatic carbocycles. The van der Waals surface area contributed by atoms with Crippen LogP contribution in [0.15, 0.2) is 46.7 Å². The number of benzene rings is 2. The molecular weight excluding hydrogens is 581 g/mol. The highest BCUT2D eigenvalue weighted by Gasteiger charge is 2.26. The number of aromatic nitrogens is 1. The Kier molecular flexibility index (Phi) is 10.6. The third-order valence-corrected chi connectivity index (χ3v) is 9.47. The Morgan fingerprint density at radius 3 is 2.41 bits per heavy atom. The van der Waals surface area contributed by atoms with Crippen LogP contribution in [0.1, 0.15) is 49.4 Å². The van der Waals surface area contributed by atoms with Crippen LogP contribution in [-0.4, -0.2) is 56.5 Å². The molecule has 1 fully saturated rings. The van der Waals surface area contributed by atoms with Crippen molar-refractivity contribution in [3.8, 4) is 17.0 Å². The topological polar surface area (TPSA) is 97.8 Å². The van der Waals surface area contributed by atoms with Crippen molar-refractivity contribution in [3.05, 3.63) is 57.4 Å². The Morgan fingerprint density at radius 2 is 1.74 bits per heavy atom. The van der Waals surface area contributed by atoms with Gasteiger partial charge in [0.05, 0.1) is 40.5 Å². The van der Waals surface area contributed by atoms with Crippen LogP contribution < -0.4 is 10.1 Å². The van der Waals surface area contributed by atoms with Gasteiger partial charge in [-0.05, 0) is 30.7 Å². The van der Waals surface area contributed by atoms with Gasteiger partial charge < -0.3 is 9.47 Å². The Bertz CT molecular complexity index is 1350. The second-order valence-corrected chi connectivity index (χ2v) is 12.7. The second kappa shape index (κ2) is 13.9. The van der Waals surface area contributed by atoms with Gasteiger partial charge in [-0.25, -0.2) is 13.4 Å². The number of hydrogen-bond donors (Lipinski definition) is 1. The van der Waals surface area contributed by atoms with Gasteiger partial charge in [0.15, 0.2) is 10.9 Å². The largest absolute Gasteiger partial charge is 0.490 e. The van der Waals surface area contributed by atoms with E-state index < -0.39 is 15.9 Å². The highest BCUT2D eigenvalue weighted by atomic mass is 35.5. The molecule has 2 heterocycles. The van der Waals surface area contributed by atoms with Crippen molar-refractivity contribution in [2.24, 2.45) is 0 Å². The molecule has 3 aromatic rings. The molecule has 1 aliphatic heterocycles. The average molecular weight is 613 g/mol. The van der Waals surface area contributed by atoms with E-state index in [1.807, 2.05) is 0 Å². The fourth-order valence-electron chi connectivity index (χ4n) is 4.08. The Hall–Kier alpha value is -2.21. The summed E-state index contributed by atoms with van der Waals surface area (Å²) >= 11 is 14.0. The summed E-state index contributed by atoms with van der Waals surface area (Å²) in [5, 5.41) is 5.49. The lowest BCUT2D eigenvalue weighted by Crippen LogP contribution is -2.40. The number of nitrogens with one attached hydrogen (secondary N) is 1. The number of anilines is 1. The van der Waals surface area contributed by atoms with Crippen molar-refractivity contribution in [2.45, 2.75) is 43.9 Å². The van der Waals surface area contributed by atoms with Gasteiger partial charge in [-0.15, -0.1) is 11.3 Å². The number of sulfonamides is 1. The molecule has 210 valence electrons. The van der Waals surface area contributed by atoms with Crippen LogP contribution >= 0.6 is 34.5 Å². The molecule has 1 N–H and O–H groups in total. The van der Waals surface area contributed by atoms with Crippen LogP contribution in [0.25, 0.3) is 11.3 Å². The maximum atomic E-state index is 12.9. The van der Waals surface area contributed by atoms with Gasteiger partial charge in [-0.1, -0.05) is 67.9 Å². The minimum Gasteiger partial charge on any atom is -0.490 e. The van der Waals surface area contributed by atoms with Crippen LogP contribution in [0, 0.1) is 0 Å². The minimum absolute atomic E-state index is 0.217. The summed E-state index contributed by atoms with van der Waals surface area (Å²) in [5.74, 6) is -0.0289. The van der Waals surface area contributed by atoms with Crippen molar-refractivity contribution < 1.29 is 22.7 Å². The fraction of sp³-hybridized carbons (Fsp3) is 0.407. The van der Waals surface area contributed by atoms with Crippen LogP contribution in [0.2, 0.25) is 10.0 Å². The molecule has 1 aliphatic rings. The standard InChI is InChI=1S/C27H31Cl2N3O5S2/c1-2-3-4-5-6-13-37-25-22(28)16-20(17-23(25)29)26(33)31-27-30-24(18-38-27)19-7-9-21(10-8-19)39(34,35)32-11-14-36-15-12-32/h7-10,16-18H,2-6,11-15H2,1H3,(H,30,31,33). The third kappa shape index (κ3) is 7.71. The van der Waals surface area contributed by atoms with Crippen molar-refractivity contribution in [1.82, 2.24) is 9.29 Å². The highest BCUT2D eigenvalue weighted by molar-refractivity contribution is 7.89. The molecule has 0 saturated carbocycles. The zero-order valence-electron chi connectivity index (χ0n) is 21.6. The number of ether oxygens (including phenoxy) is 2. The fourth-order valence-corrected chi connectivity index (χ4v) is 6.79. The normalized spacial score (nSPS) is 14.3. The second-order valence-electron chi connectivity index (χ2n) is 9.06. The van der Waals surface area contributed by atoms with E-state index in [1.54, 1.807) is 29.6 Å². The number of morpholine rings is 1. The molecule has 12 heteroatoms. The Balaban J connectivity index is 1.37. The highest BCUT2D eigenvalue weighted by Crippen LogP contribution is 2.35. The van der Waals surface area contributed by atoms with Crippen LogP contribution in [0.4, 0.5) is 5.13 Å². The van der Waals surface area contributed by atoms with Crippen molar-refractivity contribution in [3.63, 3.8) is 0 Å². The first-order valence-corrected chi connectivity index (χ1v) is 15.9. The molecule has 4 rings (SSSR count). The van der Waals surface area contributed by atoms with E-state index >= 15 is 0 Å². The van der Waals surface area contributed by atoms with Crippen molar-refractivity contribution in [1.29, 1.82) is 0 Å². The quantitative estimate of drug-likeness (QED) is 0.228. The summed E-state index contributed by atoms with van der Waals surface area (Å²) in [5.41, 5.74) is 1.63. The third-order valence-electron chi connectivity index (χ3n) is 6.24. The lowest BCUT2D eigenvalue weighted by molar-refractivity contribution is 0.0730. The number of rotatable bonds is 12. The Labute approximate surface area is 243 Å². The summed E-state index contributed by atoms with van der Waals surface area (Å²) in [4.78, 5) is 17.6. The number of nitrogens with zero attached hydrogens (tertiary/aromatic N) is 2. The van der Waals surface area contributed by atoms with Crippen molar-refractivity contribution in [2.75, 3.05) is 38.2 Å². The molecule has 0 unspecified atom stereocenters. The van der Waals surface area contributed by atoms with Crippen molar-refractivity contribution >= 4 is 55.6 Å². The number of unbranched alkanes of at least 4 members (excludes halogenated alkanes) is 4. The molecule has 0 radical (unpaired) electrons. The number of amides is 1. The molecule has 1 aromatic heterocycles. The van der Waals surface area contributed by atoms with Crippen LogP contribution in [0.3, 0.4) is 0 Å². The molecular formula is C27H31Cl2N3O5S2. The minimum atomic E-state index is -3.57. The molecule has 39 heavy (non-hydrogen) atoms. The van der Waals surface area contributed by atoms with Crippen LogP contribution in [-0.2, 0) is 14.8 Å². The summed E-state index contributed by atoms with van der Waals surface area (Å²) in [6, 6.07) is 9.59. The monoisotopic (exact) mass is 611 g/mol. The van der Waals surface area contributed by atoms with E-state index in [1.165, 1.54) is 47.0 Å². The zero-order chi connectivity index (χ0) is 27.8. The zero-order valence-corrected chi connectivity index (χ0v) is 24.8. The number of carbonyl (C=O) groups excluding carboxylic acids is 1. The number of thiazole rings is 1. The maximum Gasteiger partial charge on any atom is 0.257 e. The summed E-state index contributed by atoms with van der Waals surface area (Å²) in [6.07, 6.45) is 5.54. The molecule has 1 amide bonds. The predicted molar refractivity (Wildman–Crippen MR) is 156 cm³/mol. The first kappa shape index (κ1) is 29.8. The van der Waals surface area contributed by atoms with Gasteiger partial charge in [0, 0.05) is 29.6 Å². The first-order chi connectivity index (χ1) is 18.8. The van der Waals surface area contributed by atoms with Crippen LogP contribution in [0.5, 0.6) is 5.75 Å². The van der Waals surface area contributed by atoms with E-state index in [0.29, 0.717) is 49.5 Å². The van der Waals surface area contributed by atoms with Gasteiger partial charge in [0.2, 0.25) is 10.0 Å². The summed E-state index contributed by atoms with van der Waals surface area (Å²) in [6.45, 7) is 4.13. The van der Waals surface area contributed by atoms with Gasteiger partial charge in [0.25, 0.3) is 5.91 Å². The average Bonchev–Trinajstić information content (AvgIpc) is 3.40. The molecule has 0 bridgehead atoms. The van der Waals surface area contributed by atoms with Gasteiger partial charge in [-0.3, -0.25) is 10.1 Å². The van der Waals surface area contributed by atoms with Gasteiger partial charge in [-0.2, -0.15) is 4.31 Å². The van der Waals surface area contributed by atoms with E-state index in [0.717, 1.165) is 18.4 Å². The van der Waals surface area contributed by atoms with Gasteiger partial charge >= 0.3 is 0 Å². The Morgan fingerprint density at radius 1 is 1.08 bits per heavy atom. The lowest BCUT2D eigenvalue weighted by atomic mass is 10.1. The van der Waals surface area contributed by atoms with E-state index in [-0.39, 0.29) is 20.5 Å². The number of halogens is 2.